The van der Waals surface area contributed by atoms with Crippen molar-refractivity contribution in [2.75, 3.05) is 9.80 Å². The number of fused-ring (bicyclic) bond motifs is 4. The minimum absolute atomic E-state index is 0. The molecular weight excluding hydrogens is 1100 g/mol. The molecule has 0 fully saturated rings. The number of pyridine rings is 1. The van der Waals surface area contributed by atoms with Gasteiger partial charge in [0, 0.05) is 72.5 Å². The van der Waals surface area contributed by atoms with Crippen LogP contribution in [-0.4, -0.2) is 9.55 Å². The standard InChI is InChI=1S/C66H57F2N4O.Pt/c1-64(2,3)45-32-33-69-62(38-45)72-58-19-13-11-17-53(58)54-31-30-50(40-61(54)72)73-51-35-44(52-16-10-12-18-57(52)66(7,8)9)34-49(39-51)70-41-71(60-21-15-14-20-59(60)70)63-55(42-22-26-47(67)27-23-42)36-46(65(4,5)6)37-56(63)43-24-28-48(68)29-25-43;/h10-38,41H,1-9H3;/q-3;. The Morgan fingerprint density at radius 2 is 1.09 bits per heavy atom. The minimum atomic E-state index is -0.315. The minimum Gasteiger partial charge on any atom is -0.509 e. The molecule has 0 unspecified atom stereocenters. The van der Waals surface area contributed by atoms with Gasteiger partial charge in [-0.1, -0.05) is 147 Å². The van der Waals surface area contributed by atoms with Crippen LogP contribution in [0, 0.1) is 30.4 Å². The van der Waals surface area contributed by atoms with Gasteiger partial charge in [0.05, 0.1) is 0 Å². The van der Waals surface area contributed by atoms with Gasteiger partial charge in [0.2, 0.25) is 0 Å². The summed E-state index contributed by atoms with van der Waals surface area (Å²) in [6.45, 7) is 22.0. The van der Waals surface area contributed by atoms with Crippen molar-refractivity contribution in [1.82, 2.24) is 9.55 Å². The van der Waals surface area contributed by atoms with Gasteiger partial charge in [-0.2, -0.15) is 6.07 Å². The first-order chi connectivity index (χ1) is 34.9. The summed E-state index contributed by atoms with van der Waals surface area (Å²) >= 11 is 0. The molecule has 0 bridgehead atoms. The molecule has 74 heavy (non-hydrogen) atoms. The van der Waals surface area contributed by atoms with Crippen molar-refractivity contribution in [3.05, 3.63) is 223 Å². The fourth-order valence-electron chi connectivity index (χ4n) is 10.1. The van der Waals surface area contributed by atoms with Gasteiger partial charge in [-0.15, -0.1) is 53.6 Å². The Morgan fingerprint density at radius 1 is 0.500 bits per heavy atom. The van der Waals surface area contributed by atoms with Gasteiger partial charge in [-0.25, -0.2) is 13.8 Å². The van der Waals surface area contributed by atoms with E-state index in [0.717, 1.165) is 89.3 Å². The van der Waals surface area contributed by atoms with Crippen LogP contribution in [0.3, 0.4) is 0 Å². The maximum absolute atomic E-state index is 14.7. The van der Waals surface area contributed by atoms with E-state index in [1.807, 2.05) is 48.7 Å². The quantitative estimate of drug-likeness (QED) is 0.142. The Morgan fingerprint density at radius 3 is 1.73 bits per heavy atom. The molecule has 0 spiro atoms. The third-order valence-electron chi connectivity index (χ3n) is 13.9. The predicted molar refractivity (Wildman–Crippen MR) is 297 cm³/mol. The van der Waals surface area contributed by atoms with Gasteiger partial charge in [-0.05, 0) is 122 Å². The molecule has 0 saturated heterocycles. The molecule has 1 aliphatic rings. The van der Waals surface area contributed by atoms with E-state index in [1.54, 1.807) is 0 Å². The van der Waals surface area contributed by atoms with Crippen molar-refractivity contribution in [3.8, 4) is 50.7 Å². The Bertz CT molecular complexity index is 3660. The zero-order valence-electron chi connectivity index (χ0n) is 43.1. The van der Waals surface area contributed by atoms with E-state index in [1.165, 1.54) is 35.4 Å². The zero-order valence-corrected chi connectivity index (χ0v) is 45.4. The Balaban J connectivity index is 0.00000626. The molecule has 0 N–H and O–H groups in total. The number of rotatable bonds is 8. The van der Waals surface area contributed by atoms with E-state index in [0.29, 0.717) is 11.5 Å². The Kier molecular flexibility index (Phi) is 13.0. The van der Waals surface area contributed by atoms with Gasteiger partial charge in [0.25, 0.3) is 0 Å². The number of para-hydroxylation sites is 3. The maximum Gasteiger partial charge on any atom is 0.135 e. The summed E-state index contributed by atoms with van der Waals surface area (Å²) in [6, 6.07) is 63.0. The Hall–Kier alpha value is -7.34. The third-order valence-corrected chi connectivity index (χ3v) is 13.9. The number of benzene rings is 8. The first kappa shape index (κ1) is 50.2. The van der Waals surface area contributed by atoms with Gasteiger partial charge in [-0.3, -0.25) is 0 Å². The number of anilines is 4. The van der Waals surface area contributed by atoms with E-state index >= 15 is 0 Å². The van der Waals surface area contributed by atoms with E-state index in [9.17, 15) is 8.78 Å². The van der Waals surface area contributed by atoms with Crippen LogP contribution in [0.1, 0.15) is 79.0 Å². The van der Waals surface area contributed by atoms with Crippen LogP contribution >= 0.6 is 0 Å². The summed E-state index contributed by atoms with van der Waals surface area (Å²) in [5.74, 6) is 1.23. The van der Waals surface area contributed by atoms with E-state index in [-0.39, 0.29) is 48.9 Å². The Labute approximate surface area is 448 Å². The van der Waals surface area contributed by atoms with Gasteiger partial charge in [0.1, 0.15) is 17.5 Å². The van der Waals surface area contributed by atoms with Crippen LogP contribution in [0.5, 0.6) is 11.5 Å². The van der Waals surface area contributed by atoms with Crippen molar-refractivity contribution in [1.29, 1.82) is 0 Å². The van der Waals surface area contributed by atoms with E-state index < -0.39 is 0 Å². The summed E-state index contributed by atoms with van der Waals surface area (Å²) in [6.07, 6.45) is 1.89. The second-order valence-corrected chi connectivity index (χ2v) is 22.1. The van der Waals surface area contributed by atoms with Crippen LogP contribution < -0.4 is 14.5 Å². The monoisotopic (exact) mass is 1150 g/mol. The summed E-state index contributed by atoms with van der Waals surface area (Å²) in [7, 11) is 0. The van der Waals surface area contributed by atoms with Crippen LogP contribution in [0.2, 0.25) is 0 Å². The number of nitrogens with zero attached hydrogens (tertiary/aromatic N) is 4. The van der Waals surface area contributed by atoms with Crippen molar-refractivity contribution < 1.29 is 34.6 Å². The molecule has 374 valence electrons. The number of hydrogen-bond donors (Lipinski definition) is 0. The van der Waals surface area contributed by atoms with Crippen molar-refractivity contribution in [3.63, 3.8) is 0 Å². The van der Waals surface area contributed by atoms with Crippen LogP contribution in [-0.2, 0) is 37.3 Å². The van der Waals surface area contributed by atoms with Crippen LogP contribution in [0.15, 0.2) is 176 Å². The van der Waals surface area contributed by atoms with Gasteiger partial charge < -0.3 is 19.1 Å². The molecule has 1 aliphatic heterocycles. The fourth-order valence-corrected chi connectivity index (χ4v) is 10.1. The summed E-state index contributed by atoms with van der Waals surface area (Å²) in [4.78, 5) is 9.26. The molecule has 11 rings (SSSR count). The average Bonchev–Trinajstić information content (AvgIpc) is 3.91. The summed E-state index contributed by atoms with van der Waals surface area (Å²) in [5.41, 5.74) is 13.9. The van der Waals surface area contributed by atoms with Crippen LogP contribution in [0.4, 0.5) is 31.5 Å². The predicted octanol–water partition coefficient (Wildman–Crippen LogP) is 18.1. The molecule has 10 aromatic rings. The molecule has 3 heterocycles. The van der Waals surface area contributed by atoms with E-state index in [2.05, 4.69) is 199 Å². The van der Waals surface area contributed by atoms with Crippen LogP contribution in [0.25, 0.3) is 61.0 Å². The molecule has 0 saturated carbocycles. The number of hydrogen-bond acceptors (Lipinski definition) is 4. The SMILES string of the molecule is CC(C)(C)c1ccnc(-n2c3[c-]c(Oc4[c-]c(N5[CH-]N(c6c(-c7ccc(F)cc7)cc(C(C)(C)C)cc6-c6ccc(F)cc6)c6ccccc65)cc(-c5ccccc5C(C)(C)C)c4)ccc3c3ccccc32)c1.[Pt]. The summed E-state index contributed by atoms with van der Waals surface area (Å²) in [5, 5.41) is 2.14. The van der Waals surface area contributed by atoms with Gasteiger partial charge in [0.15, 0.2) is 0 Å². The second kappa shape index (κ2) is 19.2. The van der Waals surface area contributed by atoms with Gasteiger partial charge >= 0.3 is 0 Å². The number of ether oxygens (including phenoxy) is 1. The molecular formula is C66H57F2N4OPt-3. The molecule has 2 aromatic heterocycles. The zero-order chi connectivity index (χ0) is 51.0. The molecule has 0 amide bonds. The smallest absolute Gasteiger partial charge is 0.135 e. The first-order valence-electron chi connectivity index (χ1n) is 24.9. The second-order valence-electron chi connectivity index (χ2n) is 22.1. The molecule has 8 heteroatoms. The van der Waals surface area contributed by atoms with Crippen molar-refractivity contribution in [2.45, 2.75) is 78.6 Å². The largest absolute Gasteiger partial charge is 0.509 e. The number of halogens is 2. The van der Waals surface area contributed by atoms with E-state index in [4.69, 9.17) is 9.72 Å². The third kappa shape index (κ3) is 9.43. The topological polar surface area (TPSA) is 33.5 Å². The molecule has 8 aromatic carbocycles. The number of aromatic nitrogens is 2. The molecule has 0 aliphatic carbocycles. The molecule has 5 nitrogen and oxygen atoms in total. The normalized spacial score (nSPS) is 12.9. The summed E-state index contributed by atoms with van der Waals surface area (Å²) < 4.78 is 38.5. The fraction of sp³-hybridized carbons (Fsp3) is 0.182. The first-order valence-corrected chi connectivity index (χ1v) is 24.9. The molecule has 0 atom stereocenters. The molecule has 0 radical (unpaired) electrons. The van der Waals surface area contributed by atoms with Crippen molar-refractivity contribution >= 4 is 44.6 Å². The average molecular weight is 1160 g/mol. The maximum atomic E-state index is 14.7. The van der Waals surface area contributed by atoms with Crippen molar-refractivity contribution in [2.24, 2.45) is 0 Å².